The number of ether oxygens (including phenoxy) is 1. The summed E-state index contributed by atoms with van der Waals surface area (Å²) >= 11 is 0. The minimum absolute atomic E-state index is 0.0721. The number of halogens is 3. The van der Waals surface area contributed by atoms with Gasteiger partial charge >= 0.3 is 5.97 Å². The normalized spacial score (nSPS) is 10.6. The van der Waals surface area contributed by atoms with Crippen molar-refractivity contribution in [1.29, 1.82) is 0 Å². The smallest absolute Gasteiger partial charge is 0.306 e. The van der Waals surface area contributed by atoms with Crippen molar-refractivity contribution >= 4 is 34.4 Å². The molecule has 9 nitrogen and oxygen atoms in total. The molecule has 3 rings (SSSR count). The molecule has 0 unspecified atom stereocenters. The fourth-order valence-electron chi connectivity index (χ4n) is 2.74. The van der Waals surface area contributed by atoms with Crippen LogP contribution in [0.1, 0.15) is 12.2 Å². The van der Waals surface area contributed by atoms with Crippen LogP contribution in [0.25, 0.3) is 10.9 Å². The van der Waals surface area contributed by atoms with Gasteiger partial charge in [-0.3, -0.25) is 19.2 Å². The minimum atomic E-state index is -1.74. The van der Waals surface area contributed by atoms with Gasteiger partial charge in [-0.05, 0) is 24.3 Å². The Hall–Kier alpha value is -4.22. The van der Waals surface area contributed by atoms with Crippen LogP contribution in [0, 0.1) is 17.5 Å². The van der Waals surface area contributed by atoms with E-state index in [1.54, 1.807) is 24.3 Å². The third-order valence-corrected chi connectivity index (χ3v) is 4.35. The number of nitrogens with zero attached hydrogens (tertiary/aromatic N) is 1. The highest BCUT2D eigenvalue weighted by Crippen LogP contribution is 2.19. The number of aromatic amines is 1. The number of amides is 2. The first-order valence-electron chi connectivity index (χ1n) is 9.58. The van der Waals surface area contributed by atoms with Crippen LogP contribution in [0.5, 0.6) is 0 Å². The Morgan fingerprint density at radius 2 is 1.76 bits per heavy atom. The number of fused-ring (bicyclic) bond motifs is 1. The van der Waals surface area contributed by atoms with Gasteiger partial charge in [-0.1, -0.05) is 12.1 Å². The fourth-order valence-corrected chi connectivity index (χ4v) is 2.74. The molecule has 0 spiro atoms. The van der Waals surface area contributed by atoms with Crippen molar-refractivity contribution < 1.29 is 32.3 Å². The van der Waals surface area contributed by atoms with Gasteiger partial charge in [0.05, 0.1) is 29.6 Å². The lowest BCUT2D eigenvalue weighted by Crippen LogP contribution is -2.35. The molecule has 0 aliphatic carbocycles. The van der Waals surface area contributed by atoms with Crippen molar-refractivity contribution in [3.8, 4) is 0 Å². The number of carbonyl (C=O) groups excluding carboxylic acids is 3. The summed E-state index contributed by atoms with van der Waals surface area (Å²) in [6.07, 6.45) is -0.0901. The average molecular weight is 462 g/mol. The van der Waals surface area contributed by atoms with Gasteiger partial charge in [-0.25, -0.2) is 18.2 Å². The number of rotatable bonds is 8. The summed E-state index contributed by atoms with van der Waals surface area (Å²) in [7, 11) is 0. The molecular weight excluding hydrogens is 445 g/mol. The summed E-state index contributed by atoms with van der Waals surface area (Å²) in [5.74, 6) is -6.93. The van der Waals surface area contributed by atoms with Gasteiger partial charge < -0.3 is 20.4 Å². The van der Waals surface area contributed by atoms with Crippen LogP contribution in [0.2, 0.25) is 0 Å². The summed E-state index contributed by atoms with van der Waals surface area (Å²) in [6.45, 7) is -1.32. The summed E-state index contributed by atoms with van der Waals surface area (Å²) < 4.78 is 44.4. The van der Waals surface area contributed by atoms with E-state index < -0.39 is 54.1 Å². The number of hydrogen-bond donors (Lipinski definition) is 3. The van der Waals surface area contributed by atoms with Gasteiger partial charge in [-0.2, -0.15) is 0 Å². The molecule has 2 amide bonds. The molecule has 3 aromatic rings. The lowest BCUT2D eigenvalue weighted by Gasteiger charge is -2.09. The Morgan fingerprint density at radius 1 is 1.00 bits per heavy atom. The van der Waals surface area contributed by atoms with Crippen molar-refractivity contribution in [3.63, 3.8) is 0 Å². The van der Waals surface area contributed by atoms with Gasteiger partial charge in [0.15, 0.2) is 24.1 Å². The Balaban J connectivity index is 1.41. The van der Waals surface area contributed by atoms with E-state index in [1.165, 1.54) is 0 Å². The van der Waals surface area contributed by atoms with Crippen molar-refractivity contribution in [3.05, 3.63) is 70.0 Å². The van der Waals surface area contributed by atoms with Crippen LogP contribution < -0.4 is 16.2 Å². The number of nitrogens with one attached hydrogen (secondary N) is 3. The molecule has 0 radical (unpaired) electrons. The number of hydrogen-bond acceptors (Lipinski definition) is 6. The predicted molar refractivity (Wildman–Crippen MR) is 110 cm³/mol. The molecule has 1 heterocycles. The topological polar surface area (TPSA) is 130 Å². The molecule has 12 heteroatoms. The molecular formula is C21H17F3N4O5. The first kappa shape index (κ1) is 23.4. The molecule has 0 aliphatic heterocycles. The lowest BCUT2D eigenvalue weighted by molar-refractivity contribution is -0.148. The quantitative estimate of drug-likeness (QED) is 0.344. The van der Waals surface area contributed by atoms with Gasteiger partial charge in [0, 0.05) is 6.42 Å². The van der Waals surface area contributed by atoms with Gasteiger partial charge in [0.25, 0.3) is 11.5 Å². The van der Waals surface area contributed by atoms with Crippen LogP contribution in [-0.4, -0.2) is 40.9 Å². The SMILES string of the molecule is O=C(COC(=O)CCc1nc2ccccc2c(=O)[nH]1)NCC(=O)Nc1ccc(F)c(F)c1F. The number of aromatic nitrogens is 2. The zero-order valence-corrected chi connectivity index (χ0v) is 16.9. The summed E-state index contributed by atoms with van der Waals surface area (Å²) in [5.41, 5.74) is -0.463. The predicted octanol–water partition coefficient (Wildman–Crippen LogP) is 1.57. The number of anilines is 1. The third-order valence-electron chi connectivity index (χ3n) is 4.35. The number of aryl methyl sites for hydroxylation is 1. The standard InChI is InChI=1S/C21H17F3N4O5/c22-12-5-6-14(20(24)19(12)23)27-16(29)9-25-17(30)10-33-18(31)8-7-15-26-13-4-2-1-3-11(13)21(32)28-15/h1-6H,7-10H2,(H,25,30)(H,27,29)(H,26,28,32). The maximum atomic E-state index is 13.5. The fraction of sp³-hybridized carbons (Fsp3) is 0.190. The second-order valence-electron chi connectivity index (χ2n) is 6.74. The van der Waals surface area contributed by atoms with Gasteiger partial charge in [0.2, 0.25) is 5.91 Å². The first-order chi connectivity index (χ1) is 15.7. The molecule has 172 valence electrons. The summed E-state index contributed by atoms with van der Waals surface area (Å²) in [4.78, 5) is 54.1. The molecule has 33 heavy (non-hydrogen) atoms. The Morgan fingerprint density at radius 3 is 2.55 bits per heavy atom. The number of benzene rings is 2. The van der Waals surface area contributed by atoms with Gasteiger partial charge in [-0.15, -0.1) is 0 Å². The molecule has 2 aromatic carbocycles. The highest BCUT2D eigenvalue weighted by Gasteiger charge is 2.16. The molecule has 1 aromatic heterocycles. The van der Waals surface area contributed by atoms with Crippen molar-refractivity contribution in [2.45, 2.75) is 12.8 Å². The number of esters is 1. The molecule has 3 N–H and O–H groups in total. The zero-order valence-electron chi connectivity index (χ0n) is 16.9. The molecule has 0 bridgehead atoms. The van der Waals surface area contributed by atoms with E-state index in [0.29, 0.717) is 17.0 Å². The van der Waals surface area contributed by atoms with Gasteiger partial charge in [0.1, 0.15) is 5.82 Å². The van der Waals surface area contributed by atoms with E-state index in [1.807, 2.05) is 5.32 Å². The second-order valence-corrected chi connectivity index (χ2v) is 6.74. The summed E-state index contributed by atoms with van der Waals surface area (Å²) in [5, 5.41) is 4.52. The van der Waals surface area contributed by atoms with Crippen LogP contribution in [0.15, 0.2) is 41.2 Å². The Bertz CT molecular complexity index is 1280. The van der Waals surface area contributed by atoms with Crippen LogP contribution in [0.4, 0.5) is 18.9 Å². The molecule has 0 aliphatic rings. The van der Waals surface area contributed by atoms with Crippen molar-refractivity contribution in [2.24, 2.45) is 0 Å². The van der Waals surface area contributed by atoms with E-state index in [4.69, 9.17) is 4.74 Å². The maximum Gasteiger partial charge on any atom is 0.306 e. The van der Waals surface area contributed by atoms with Crippen LogP contribution >= 0.6 is 0 Å². The number of carbonyl (C=O) groups is 3. The van der Waals surface area contributed by atoms with E-state index in [0.717, 1.165) is 6.07 Å². The largest absolute Gasteiger partial charge is 0.456 e. The highest BCUT2D eigenvalue weighted by molar-refractivity contribution is 5.95. The molecule has 0 atom stereocenters. The highest BCUT2D eigenvalue weighted by atomic mass is 19.2. The lowest BCUT2D eigenvalue weighted by atomic mass is 10.2. The Labute approximate surface area is 184 Å². The maximum absolute atomic E-state index is 13.5. The van der Waals surface area contributed by atoms with E-state index in [9.17, 15) is 32.3 Å². The Kier molecular flexibility index (Phi) is 7.38. The van der Waals surface area contributed by atoms with E-state index in [-0.39, 0.29) is 24.2 Å². The monoisotopic (exact) mass is 462 g/mol. The van der Waals surface area contributed by atoms with E-state index in [2.05, 4.69) is 15.3 Å². The van der Waals surface area contributed by atoms with Crippen LogP contribution in [0.3, 0.4) is 0 Å². The van der Waals surface area contributed by atoms with Crippen molar-refractivity contribution in [1.82, 2.24) is 15.3 Å². The summed E-state index contributed by atoms with van der Waals surface area (Å²) in [6, 6.07) is 8.16. The number of H-pyrrole nitrogens is 1. The first-order valence-corrected chi connectivity index (χ1v) is 9.58. The molecule has 0 fully saturated rings. The third kappa shape index (κ3) is 6.15. The minimum Gasteiger partial charge on any atom is -0.456 e. The second kappa shape index (κ2) is 10.4. The molecule has 0 saturated carbocycles. The van der Waals surface area contributed by atoms with Crippen molar-refractivity contribution in [2.75, 3.05) is 18.5 Å². The van der Waals surface area contributed by atoms with Crippen LogP contribution in [-0.2, 0) is 25.5 Å². The zero-order chi connectivity index (χ0) is 24.0. The molecule has 0 saturated heterocycles. The number of para-hydroxylation sites is 1. The van der Waals surface area contributed by atoms with E-state index >= 15 is 0 Å². The average Bonchev–Trinajstić information content (AvgIpc) is 2.80.